The van der Waals surface area contributed by atoms with Gasteiger partial charge >= 0.3 is 5.97 Å². The number of benzene rings is 1. The van der Waals surface area contributed by atoms with Gasteiger partial charge in [-0.05, 0) is 24.6 Å². The van der Waals surface area contributed by atoms with Gasteiger partial charge in [0.2, 0.25) is 0 Å². The highest BCUT2D eigenvalue weighted by Crippen LogP contribution is 2.13. The van der Waals surface area contributed by atoms with E-state index in [-0.39, 0.29) is 12.6 Å². The monoisotopic (exact) mass is 206 g/mol. The molecule has 0 N–H and O–H groups in total. The molecule has 0 saturated carbocycles. The zero-order valence-corrected chi connectivity index (χ0v) is 8.90. The van der Waals surface area contributed by atoms with E-state index in [0.717, 1.165) is 11.3 Å². The summed E-state index contributed by atoms with van der Waals surface area (Å²) in [5.74, 6) is 0.426. The fraction of sp³-hybridized carbons (Fsp3) is 0.250. The maximum absolute atomic E-state index is 11.0. The Morgan fingerprint density at radius 1 is 1.47 bits per heavy atom. The molecule has 0 aliphatic rings. The minimum Gasteiger partial charge on any atom is -0.497 e. The Hall–Kier alpha value is -1.77. The molecule has 0 amide bonds. The van der Waals surface area contributed by atoms with Crippen LogP contribution in [0.5, 0.6) is 5.75 Å². The van der Waals surface area contributed by atoms with Crippen molar-refractivity contribution in [3.05, 3.63) is 42.0 Å². The molecule has 3 nitrogen and oxygen atoms in total. The summed E-state index contributed by atoms with van der Waals surface area (Å²) < 4.78 is 10.0. The first kappa shape index (κ1) is 11.3. The first-order chi connectivity index (χ1) is 7.26. The Bertz CT molecular complexity index is 356. The van der Waals surface area contributed by atoms with Crippen LogP contribution in [0.15, 0.2) is 36.4 Å². The van der Waals surface area contributed by atoms with Crippen LogP contribution in [0.4, 0.5) is 0 Å². The fourth-order valence-electron chi connectivity index (χ4n) is 1.10. The van der Waals surface area contributed by atoms with Crippen LogP contribution < -0.4 is 4.74 Å². The van der Waals surface area contributed by atoms with Crippen molar-refractivity contribution in [2.45, 2.75) is 13.5 Å². The molecule has 0 aromatic heterocycles. The molecule has 1 aromatic rings. The van der Waals surface area contributed by atoms with Crippen LogP contribution >= 0.6 is 0 Å². The molecular formula is C12H14O3. The van der Waals surface area contributed by atoms with Crippen molar-refractivity contribution in [3.63, 3.8) is 0 Å². The summed E-state index contributed by atoms with van der Waals surface area (Å²) in [6, 6.07) is 7.42. The number of hydrogen-bond acceptors (Lipinski definition) is 3. The maximum Gasteiger partial charge on any atom is 0.330 e. The second kappa shape index (κ2) is 5.86. The van der Waals surface area contributed by atoms with Gasteiger partial charge in [0.15, 0.2) is 0 Å². The zero-order chi connectivity index (χ0) is 11.1. The van der Waals surface area contributed by atoms with Crippen molar-refractivity contribution in [1.29, 1.82) is 0 Å². The maximum atomic E-state index is 11.0. The van der Waals surface area contributed by atoms with E-state index >= 15 is 0 Å². The van der Waals surface area contributed by atoms with E-state index < -0.39 is 0 Å². The van der Waals surface area contributed by atoms with E-state index in [0.29, 0.717) is 0 Å². The highest BCUT2D eigenvalue weighted by molar-refractivity contribution is 5.81. The molecule has 0 saturated heterocycles. The Morgan fingerprint density at radius 2 is 2.27 bits per heavy atom. The van der Waals surface area contributed by atoms with Crippen molar-refractivity contribution in [2.75, 3.05) is 7.11 Å². The van der Waals surface area contributed by atoms with Crippen molar-refractivity contribution in [1.82, 2.24) is 0 Å². The standard InChI is InChI=1S/C12H14O3/c1-3-5-12(13)15-9-10-6-4-7-11(8-10)14-2/h3-8H,9H2,1-2H3/b5-3+. The normalized spacial score (nSPS) is 10.3. The van der Waals surface area contributed by atoms with Gasteiger partial charge in [-0.15, -0.1) is 0 Å². The minimum absolute atomic E-state index is 0.264. The van der Waals surface area contributed by atoms with Gasteiger partial charge in [0.25, 0.3) is 0 Å². The van der Waals surface area contributed by atoms with E-state index in [4.69, 9.17) is 9.47 Å². The van der Waals surface area contributed by atoms with Crippen LogP contribution in [0.3, 0.4) is 0 Å². The van der Waals surface area contributed by atoms with E-state index in [1.54, 1.807) is 20.1 Å². The summed E-state index contributed by atoms with van der Waals surface area (Å²) in [4.78, 5) is 11.0. The second-order valence-electron chi connectivity index (χ2n) is 2.96. The molecule has 0 heterocycles. The van der Waals surface area contributed by atoms with Gasteiger partial charge in [-0.2, -0.15) is 0 Å². The second-order valence-corrected chi connectivity index (χ2v) is 2.96. The van der Waals surface area contributed by atoms with Gasteiger partial charge < -0.3 is 9.47 Å². The molecule has 0 fully saturated rings. The fourth-order valence-corrected chi connectivity index (χ4v) is 1.10. The quantitative estimate of drug-likeness (QED) is 0.560. The summed E-state index contributed by atoms with van der Waals surface area (Å²) in [6.07, 6.45) is 3.04. The molecule has 1 rings (SSSR count). The number of esters is 1. The molecule has 0 radical (unpaired) electrons. The van der Waals surface area contributed by atoms with Gasteiger partial charge in [-0.1, -0.05) is 18.2 Å². The van der Waals surface area contributed by atoms with E-state index in [1.807, 2.05) is 24.3 Å². The number of allylic oxidation sites excluding steroid dienone is 1. The average Bonchev–Trinajstić information content (AvgIpc) is 2.27. The Morgan fingerprint density at radius 3 is 2.93 bits per heavy atom. The molecule has 0 unspecified atom stereocenters. The molecule has 3 heteroatoms. The summed E-state index contributed by atoms with van der Waals surface area (Å²) in [5, 5.41) is 0. The molecule has 0 aliphatic heterocycles. The number of methoxy groups -OCH3 is 1. The van der Waals surface area contributed by atoms with Crippen molar-refractivity contribution in [3.8, 4) is 5.75 Å². The number of rotatable bonds is 4. The Kier molecular flexibility index (Phi) is 4.41. The summed E-state index contributed by atoms with van der Waals surface area (Å²) in [5.41, 5.74) is 0.909. The van der Waals surface area contributed by atoms with E-state index in [9.17, 15) is 4.79 Å². The third-order valence-corrected chi connectivity index (χ3v) is 1.82. The van der Waals surface area contributed by atoms with Crippen LogP contribution in [0.1, 0.15) is 12.5 Å². The smallest absolute Gasteiger partial charge is 0.330 e. The van der Waals surface area contributed by atoms with Gasteiger partial charge in [-0.25, -0.2) is 4.79 Å². The predicted molar refractivity (Wildman–Crippen MR) is 57.6 cm³/mol. The van der Waals surface area contributed by atoms with Crippen LogP contribution in [0.25, 0.3) is 0 Å². The van der Waals surface area contributed by atoms with Crippen LogP contribution in [-0.2, 0) is 16.1 Å². The first-order valence-corrected chi connectivity index (χ1v) is 4.68. The largest absolute Gasteiger partial charge is 0.497 e. The molecule has 0 aliphatic carbocycles. The molecule has 0 spiro atoms. The summed E-state index contributed by atoms with van der Waals surface area (Å²) in [7, 11) is 1.60. The summed E-state index contributed by atoms with van der Waals surface area (Å²) in [6.45, 7) is 2.03. The number of carbonyl (C=O) groups is 1. The number of hydrogen-bond donors (Lipinski definition) is 0. The summed E-state index contributed by atoms with van der Waals surface area (Å²) >= 11 is 0. The third kappa shape index (κ3) is 3.85. The van der Waals surface area contributed by atoms with Gasteiger partial charge in [0.1, 0.15) is 12.4 Å². The molecule has 15 heavy (non-hydrogen) atoms. The molecule has 0 atom stereocenters. The minimum atomic E-state index is -0.333. The van der Waals surface area contributed by atoms with Gasteiger partial charge in [0.05, 0.1) is 7.11 Å². The van der Waals surface area contributed by atoms with Crippen LogP contribution in [-0.4, -0.2) is 13.1 Å². The molecular weight excluding hydrogens is 192 g/mol. The average molecular weight is 206 g/mol. The van der Waals surface area contributed by atoms with E-state index in [2.05, 4.69) is 0 Å². The first-order valence-electron chi connectivity index (χ1n) is 4.68. The number of ether oxygens (including phenoxy) is 2. The van der Waals surface area contributed by atoms with E-state index in [1.165, 1.54) is 6.08 Å². The molecule has 1 aromatic carbocycles. The van der Waals surface area contributed by atoms with Crippen molar-refractivity contribution >= 4 is 5.97 Å². The van der Waals surface area contributed by atoms with Gasteiger partial charge in [0, 0.05) is 6.08 Å². The lowest BCUT2D eigenvalue weighted by Crippen LogP contribution is -2.00. The van der Waals surface area contributed by atoms with Crippen LogP contribution in [0, 0.1) is 0 Å². The SMILES string of the molecule is C/C=C/C(=O)OCc1cccc(OC)c1. The zero-order valence-electron chi connectivity index (χ0n) is 8.90. The lowest BCUT2D eigenvalue weighted by atomic mass is 10.2. The van der Waals surface area contributed by atoms with Gasteiger partial charge in [-0.3, -0.25) is 0 Å². The highest BCUT2D eigenvalue weighted by atomic mass is 16.5. The highest BCUT2D eigenvalue weighted by Gasteiger charge is 1.99. The Balaban J connectivity index is 2.53. The number of carbonyl (C=O) groups excluding carboxylic acids is 1. The lowest BCUT2D eigenvalue weighted by molar-refractivity contribution is -0.139. The van der Waals surface area contributed by atoms with Crippen LogP contribution in [0.2, 0.25) is 0 Å². The molecule has 0 bridgehead atoms. The third-order valence-electron chi connectivity index (χ3n) is 1.82. The van der Waals surface area contributed by atoms with Crippen molar-refractivity contribution < 1.29 is 14.3 Å². The topological polar surface area (TPSA) is 35.5 Å². The predicted octanol–water partition coefficient (Wildman–Crippen LogP) is 2.31. The lowest BCUT2D eigenvalue weighted by Gasteiger charge is -2.04. The van der Waals surface area contributed by atoms with Crippen molar-refractivity contribution in [2.24, 2.45) is 0 Å². The Labute approximate surface area is 89.3 Å². The molecule has 80 valence electrons.